The molecule has 1 saturated heterocycles. The van der Waals surface area contributed by atoms with Crippen LogP contribution in [0.25, 0.3) is 0 Å². The van der Waals surface area contributed by atoms with Crippen molar-refractivity contribution in [1.82, 2.24) is 10.2 Å². The van der Waals surface area contributed by atoms with Crippen LogP contribution in [0.2, 0.25) is 6.32 Å². The number of unbranched alkanes of at least 4 members (excludes halogenated alkanes) is 1. The van der Waals surface area contributed by atoms with Gasteiger partial charge >= 0.3 is 0 Å². The van der Waals surface area contributed by atoms with Crippen molar-refractivity contribution in [3.05, 3.63) is 36.0 Å². The predicted octanol–water partition coefficient (Wildman–Crippen LogP) is 7.94. The summed E-state index contributed by atoms with van der Waals surface area (Å²) in [4.78, 5) is 16.4. The van der Waals surface area contributed by atoms with Gasteiger partial charge < -0.3 is 9.97 Å². The molecule has 0 aromatic heterocycles. The van der Waals surface area contributed by atoms with Crippen LogP contribution in [0.15, 0.2) is 36.0 Å². The lowest BCUT2D eigenvalue weighted by Crippen LogP contribution is -2.53. The number of carbonyl (C=O) groups excluding carboxylic acids is 1. The number of nitrogens with one attached hydrogen (secondary N) is 1. The Bertz CT molecular complexity index is 875. The molecule has 1 radical (unpaired) electrons. The first-order chi connectivity index (χ1) is 18.0. The second kappa shape index (κ2) is 14.3. The third kappa shape index (κ3) is 9.82. The van der Waals surface area contributed by atoms with Crippen molar-refractivity contribution in [3.8, 4) is 0 Å². The molecule has 0 aromatic carbocycles. The van der Waals surface area contributed by atoms with Crippen molar-refractivity contribution in [2.75, 3.05) is 13.1 Å². The Morgan fingerprint density at radius 2 is 1.74 bits per heavy atom. The van der Waals surface area contributed by atoms with Gasteiger partial charge in [0.05, 0.1) is 5.60 Å². The number of piperidine rings is 1. The van der Waals surface area contributed by atoms with E-state index in [2.05, 4.69) is 91.3 Å². The Morgan fingerprint density at radius 1 is 1.10 bits per heavy atom. The zero-order valence-corrected chi connectivity index (χ0v) is 27.6. The minimum Gasteiger partial charge on any atom is -0.434 e. The molecule has 2 aliphatic rings. The van der Waals surface area contributed by atoms with Gasteiger partial charge in [-0.25, -0.2) is 0 Å². The summed E-state index contributed by atoms with van der Waals surface area (Å²) in [6, 6.07) is 0.529. The van der Waals surface area contributed by atoms with Gasteiger partial charge in [0.2, 0.25) is 5.91 Å². The van der Waals surface area contributed by atoms with Crippen LogP contribution in [0, 0.1) is 11.3 Å². The average Bonchev–Trinajstić information content (AvgIpc) is 2.83. The summed E-state index contributed by atoms with van der Waals surface area (Å²) >= 11 is 4.69. The molecule has 2 rings (SSSR count). The molecule has 2 unspecified atom stereocenters. The molecule has 0 bridgehead atoms. The van der Waals surface area contributed by atoms with Crippen LogP contribution < -0.4 is 5.32 Å². The summed E-state index contributed by atoms with van der Waals surface area (Å²) in [6.07, 6.45) is 15.8. The first kappa shape index (κ1) is 34.2. The minimum atomic E-state index is -0.359. The average molecular weight is 558 g/mol. The van der Waals surface area contributed by atoms with Crippen LogP contribution in [-0.2, 0) is 9.45 Å². The standard InChI is InChI=1S/C33H58BN2O2S/c1-11-12-16-26-17-15-18-28(25(26)2)36-23-19-27(20-24-36)33(10,29(37)35-30(3,4)5)21-13-14-22-34-38-31(6,7)32(8,9)39/h11-12,16,27-28,39H,1,13-15,17-24H2,2-10H3,(H,35,37)/b16-12-. The van der Waals surface area contributed by atoms with Crippen molar-refractivity contribution in [2.45, 2.75) is 142 Å². The van der Waals surface area contributed by atoms with Gasteiger partial charge in [0.1, 0.15) is 0 Å². The highest BCUT2D eigenvalue weighted by Gasteiger charge is 2.44. The first-order valence-electron chi connectivity index (χ1n) is 15.3. The fraction of sp³-hybridized carbons (Fsp3) is 0.788. The lowest BCUT2D eigenvalue weighted by Gasteiger charge is -2.46. The van der Waals surface area contributed by atoms with Crippen LogP contribution in [0.5, 0.6) is 0 Å². The monoisotopic (exact) mass is 557 g/mol. The minimum absolute atomic E-state index is 0.220. The van der Waals surface area contributed by atoms with Gasteiger partial charge in [-0.05, 0) is 118 Å². The zero-order valence-electron chi connectivity index (χ0n) is 26.7. The number of likely N-dealkylation sites (tertiary alicyclic amines) is 1. The molecule has 1 aliphatic heterocycles. The lowest BCUT2D eigenvalue weighted by molar-refractivity contribution is -0.136. The molecule has 4 nitrogen and oxygen atoms in total. The highest BCUT2D eigenvalue weighted by atomic mass is 32.1. The maximum absolute atomic E-state index is 13.7. The van der Waals surface area contributed by atoms with Crippen molar-refractivity contribution >= 4 is 26.0 Å². The van der Waals surface area contributed by atoms with Crippen LogP contribution in [0.1, 0.15) is 114 Å². The molecule has 1 N–H and O–H groups in total. The van der Waals surface area contributed by atoms with Gasteiger partial charge in [0.25, 0.3) is 7.48 Å². The van der Waals surface area contributed by atoms with E-state index in [1.165, 1.54) is 30.4 Å². The molecule has 39 heavy (non-hydrogen) atoms. The third-order valence-corrected chi connectivity index (χ3v) is 9.90. The Morgan fingerprint density at radius 3 is 2.31 bits per heavy atom. The summed E-state index contributed by atoms with van der Waals surface area (Å²) < 4.78 is 5.84. The maximum atomic E-state index is 13.7. The van der Waals surface area contributed by atoms with Gasteiger partial charge in [-0.15, -0.1) is 0 Å². The van der Waals surface area contributed by atoms with E-state index in [1.807, 2.05) is 13.6 Å². The van der Waals surface area contributed by atoms with Gasteiger partial charge in [-0.2, -0.15) is 12.6 Å². The summed E-state index contributed by atoms with van der Waals surface area (Å²) in [7, 11) is 1.95. The number of rotatable bonds is 13. The highest BCUT2D eigenvalue weighted by Crippen LogP contribution is 2.42. The number of carbonyl (C=O) groups is 1. The van der Waals surface area contributed by atoms with E-state index in [0.29, 0.717) is 12.0 Å². The largest absolute Gasteiger partial charge is 0.434 e. The molecular formula is C33H58BN2O2S. The fourth-order valence-electron chi connectivity index (χ4n) is 5.94. The number of amides is 1. The summed E-state index contributed by atoms with van der Waals surface area (Å²) in [5.74, 6) is 0.616. The van der Waals surface area contributed by atoms with Crippen molar-refractivity contribution in [1.29, 1.82) is 0 Å². The van der Waals surface area contributed by atoms with E-state index in [1.54, 1.807) is 0 Å². The first-order valence-corrected chi connectivity index (χ1v) is 15.7. The molecule has 1 amide bonds. The molecule has 1 fully saturated rings. The third-order valence-electron chi connectivity index (χ3n) is 9.36. The highest BCUT2D eigenvalue weighted by molar-refractivity contribution is 7.81. The molecule has 6 heteroatoms. The molecule has 0 aromatic rings. The number of hydrogen-bond donors (Lipinski definition) is 2. The van der Waals surface area contributed by atoms with Gasteiger partial charge in [-0.1, -0.05) is 56.5 Å². The smallest absolute Gasteiger partial charge is 0.293 e. The zero-order chi connectivity index (χ0) is 29.5. The van der Waals surface area contributed by atoms with E-state index in [0.717, 1.165) is 51.5 Å². The van der Waals surface area contributed by atoms with Crippen molar-refractivity contribution < 1.29 is 9.45 Å². The molecule has 0 saturated carbocycles. The van der Waals surface area contributed by atoms with Crippen LogP contribution in [0.4, 0.5) is 0 Å². The van der Waals surface area contributed by atoms with E-state index in [4.69, 9.17) is 17.3 Å². The number of allylic oxidation sites excluding steroid dienone is 4. The van der Waals surface area contributed by atoms with E-state index >= 15 is 0 Å². The van der Waals surface area contributed by atoms with Crippen molar-refractivity contribution in [3.63, 3.8) is 0 Å². The van der Waals surface area contributed by atoms with E-state index < -0.39 is 0 Å². The van der Waals surface area contributed by atoms with Gasteiger partial charge in [-0.3, -0.25) is 9.69 Å². The normalized spacial score (nSPS) is 22.2. The second-order valence-corrected chi connectivity index (χ2v) is 15.4. The topological polar surface area (TPSA) is 41.6 Å². The summed E-state index contributed by atoms with van der Waals surface area (Å²) in [6.45, 7) is 25.1. The molecular weight excluding hydrogens is 499 g/mol. The maximum Gasteiger partial charge on any atom is 0.293 e. The quantitative estimate of drug-likeness (QED) is 0.105. The molecule has 2 atom stereocenters. The van der Waals surface area contributed by atoms with Gasteiger partial charge in [0.15, 0.2) is 0 Å². The summed E-state index contributed by atoms with van der Waals surface area (Å²) in [5, 5.41) is 3.34. The summed E-state index contributed by atoms with van der Waals surface area (Å²) in [5.41, 5.74) is 2.08. The number of thiol groups is 1. The van der Waals surface area contributed by atoms with Crippen LogP contribution in [0.3, 0.4) is 0 Å². The second-order valence-electron chi connectivity index (χ2n) is 14.2. The Kier molecular flexibility index (Phi) is 12.5. The Labute approximate surface area is 247 Å². The van der Waals surface area contributed by atoms with E-state index in [9.17, 15) is 4.79 Å². The Hall–Kier alpha value is -0.975. The van der Waals surface area contributed by atoms with Gasteiger partial charge in [0, 0.05) is 21.7 Å². The van der Waals surface area contributed by atoms with Crippen LogP contribution >= 0.6 is 12.6 Å². The molecule has 1 heterocycles. The fourth-order valence-corrected chi connectivity index (χ4v) is 5.99. The van der Waals surface area contributed by atoms with E-state index in [-0.39, 0.29) is 27.2 Å². The Balaban J connectivity index is 2.02. The molecule has 221 valence electrons. The van der Waals surface area contributed by atoms with Crippen molar-refractivity contribution in [2.24, 2.45) is 11.3 Å². The van der Waals surface area contributed by atoms with Crippen LogP contribution in [-0.4, -0.2) is 53.3 Å². The number of hydrogen-bond acceptors (Lipinski definition) is 4. The molecule has 1 aliphatic carbocycles. The number of nitrogens with zero attached hydrogens (tertiary/aromatic N) is 1. The predicted molar refractivity (Wildman–Crippen MR) is 173 cm³/mol. The lowest BCUT2D eigenvalue weighted by atomic mass is 9.67. The SMILES string of the molecule is C=C/C=C\C1=C(C)C(N2CCC(C(C)(CCCC[B]OC(C)(C)C(C)(C)S)C(=O)NC(C)(C)C)CC2)CCC1. The molecule has 0 spiro atoms.